The third-order valence-corrected chi connectivity index (χ3v) is 5.29. The first-order valence-electron chi connectivity index (χ1n) is 7.59. The lowest BCUT2D eigenvalue weighted by molar-refractivity contribution is -0.140. The first-order chi connectivity index (χ1) is 8.70. The molecule has 3 fully saturated rings. The molecule has 0 aromatic heterocycles. The van der Waals surface area contributed by atoms with Crippen molar-refractivity contribution in [2.75, 3.05) is 19.7 Å². The van der Waals surface area contributed by atoms with Gasteiger partial charge in [-0.05, 0) is 38.1 Å². The number of hydrogen-bond donors (Lipinski definition) is 1. The number of nitrogens with one attached hydrogen (secondary N) is 1. The van der Waals surface area contributed by atoms with Crippen LogP contribution in [0.4, 0.5) is 0 Å². The summed E-state index contributed by atoms with van der Waals surface area (Å²) in [6.07, 6.45) is 6.86. The largest absolute Gasteiger partial charge is 0.375 e. The Morgan fingerprint density at radius 3 is 2.72 bits per heavy atom. The van der Waals surface area contributed by atoms with Gasteiger partial charge in [-0.2, -0.15) is 0 Å². The molecule has 2 heterocycles. The van der Waals surface area contributed by atoms with Gasteiger partial charge in [-0.25, -0.2) is 0 Å². The number of carbonyl (C=O) groups is 1. The van der Waals surface area contributed by atoms with Gasteiger partial charge in [-0.1, -0.05) is 19.8 Å². The monoisotopic (exact) mass is 251 g/mol. The van der Waals surface area contributed by atoms with Crippen LogP contribution in [0.1, 0.15) is 45.4 Å². The highest BCUT2D eigenvalue weighted by atomic mass is 16.5. The smallest absolute Gasteiger partial charge is 0.140 e. The molecule has 0 amide bonds. The van der Waals surface area contributed by atoms with Gasteiger partial charge in [-0.3, -0.25) is 4.79 Å². The van der Waals surface area contributed by atoms with E-state index in [0.29, 0.717) is 11.7 Å². The molecule has 0 aromatic carbocycles. The highest BCUT2D eigenvalue weighted by molar-refractivity contribution is 5.84. The van der Waals surface area contributed by atoms with Gasteiger partial charge in [0.1, 0.15) is 5.78 Å². The molecule has 3 unspecified atom stereocenters. The van der Waals surface area contributed by atoms with E-state index in [1.54, 1.807) is 0 Å². The van der Waals surface area contributed by atoms with E-state index in [2.05, 4.69) is 12.2 Å². The van der Waals surface area contributed by atoms with E-state index in [0.717, 1.165) is 32.5 Å². The number of ether oxygens (including phenoxy) is 1. The molecule has 2 saturated heterocycles. The molecular formula is C15H25NO2. The number of ketones is 1. The van der Waals surface area contributed by atoms with Crippen LogP contribution in [0.2, 0.25) is 0 Å². The van der Waals surface area contributed by atoms with E-state index in [1.807, 2.05) is 0 Å². The van der Waals surface area contributed by atoms with E-state index < -0.39 is 0 Å². The highest BCUT2D eigenvalue weighted by Crippen LogP contribution is 2.43. The molecule has 3 aliphatic rings. The van der Waals surface area contributed by atoms with Crippen molar-refractivity contribution in [1.82, 2.24) is 5.32 Å². The maximum absolute atomic E-state index is 12.7. The third kappa shape index (κ3) is 2.23. The summed E-state index contributed by atoms with van der Waals surface area (Å²) >= 11 is 0. The predicted molar refractivity (Wildman–Crippen MR) is 70.4 cm³/mol. The summed E-state index contributed by atoms with van der Waals surface area (Å²) in [6.45, 7) is 4.90. The SMILES string of the molecule is CC1CNCC1C(=O)C1CCOC2(CCCC2)C1. The van der Waals surface area contributed by atoms with Crippen LogP contribution in [-0.4, -0.2) is 31.1 Å². The summed E-state index contributed by atoms with van der Waals surface area (Å²) in [5.74, 6) is 1.55. The van der Waals surface area contributed by atoms with Crippen molar-refractivity contribution in [3.8, 4) is 0 Å². The van der Waals surface area contributed by atoms with Gasteiger partial charge in [0.15, 0.2) is 0 Å². The van der Waals surface area contributed by atoms with E-state index in [9.17, 15) is 4.79 Å². The van der Waals surface area contributed by atoms with Crippen molar-refractivity contribution >= 4 is 5.78 Å². The zero-order valence-corrected chi connectivity index (χ0v) is 11.4. The quantitative estimate of drug-likeness (QED) is 0.817. The van der Waals surface area contributed by atoms with Gasteiger partial charge in [-0.15, -0.1) is 0 Å². The number of carbonyl (C=O) groups excluding carboxylic acids is 1. The number of hydrogen-bond acceptors (Lipinski definition) is 3. The lowest BCUT2D eigenvalue weighted by atomic mass is 9.77. The van der Waals surface area contributed by atoms with Gasteiger partial charge in [0.2, 0.25) is 0 Å². The van der Waals surface area contributed by atoms with Crippen molar-refractivity contribution in [2.45, 2.75) is 51.0 Å². The Morgan fingerprint density at radius 2 is 2.06 bits per heavy atom. The summed E-state index contributed by atoms with van der Waals surface area (Å²) in [4.78, 5) is 12.7. The van der Waals surface area contributed by atoms with Crippen LogP contribution in [0.3, 0.4) is 0 Å². The molecule has 0 aromatic rings. The van der Waals surface area contributed by atoms with Crippen LogP contribution in [0, 0.1) is 17.8 Å². The molecule has 3 heteroatoms. The summed E-state index contributed by atoms with van der Waals surface area (Å²) in [5, 5.41) is 3.35. The topological polar surface area (TPSA) is 38.3 Å². The fourth-order valence-electron chi connectivity index (χ4n) is 4.13. The van der Waals surface area contributed by atoms with Crippen molar-refractivity contribution in [1.29, 1.82) is 0 Å². The lowest BCUT2D eigenvalue weighted by Gasteiger charge is -2.38. The molecule has 0 bridgehead atoms. The molecule has 3 atom stereocenters. The maximum Gasteiger partial charge on any atom is 0.140 e. The van der Waals surface area contributed by atoms with Crippen LogP contribution in [-0.2, 0) is 9.53 Å². The highest BCUT2D eigenvalue weighted by Gasteiger charge is 2.44. The van der Waals surface area contributed by atoms with Crippen molar-refractivity contribution in [3.63, 3.8) is 0 Å². The molecule has 0 radical (unpaired) electrons. The summed E-state index contributed by atoms with van der Waals surface area (Å²) in [7, 11) is 0. The predicted octanol–water partition coefficient (Wildman–Crippen LogP) is 2.15. The second kappa shape index (κ2) is 4.93. The van der Waals surface area contributed by atoms with Crippen molar-refractivity contribution in [3.05, 3.63) is 0 Å². The second-order valence-electron chi connectivity index (χ2n) is 6.57. The van der Waals surface area contributed by atoms with E-state index >= 15 is 0 Å². The minimum absolute atomic E-state index is 0.0772. The summed E-state index contributed by atoms with van der Waals surface area (Å²) in [6, 6.07) is 0. The average Bonchev–Trinajstić information content (AvgIpc) is 2.98. The fourth-order valence-corrected chi connectivity index (χ4v) is 4.13. The summed E-state index contributed by atoms with van der Waals surface area (Å²) < 4.78 is 6.03. The molecule has 1 N–H and O–H groups in total. The lowest BCUT2D eigenvalue weighted by Crippen LogP contribution is -2.42. The van der Waals surface area contributed by atoms with Crippen molar-refractivity contribution in [2.24, 2.45) is 17.8 Å². The number of rotatable bonds is 2. The normalized spacial score (nSPS) is 39.3. The molecule has 3 nitrogen and oxygen atoms in total. The van der Waals surface area contributed by atoms with Gasteiger partial charge in [0, 0.05) is 25.0 Å². The zero-order chi connectivity index (χ0) is 12.6. The molecule has 102 valence electrons. The van der Waals surface area contributed by atoms with Crippen LogP contribution in [0.15, 0.2) is 0 Å². The van der Waals surface area contributed by atoms with E-state index in [1.165, 1.54) is 25.7 Å². The minimum Gasteiger partial charge on any atom is -0.375 e. The average molecular weight is 251 g/mol. The van der Waals surface area contributed by atoms with Crippen molar-refractivity contribution < 1.29 is 9.53 Å². The molecule has 18 heavy (non-hydrogen) atoms. The van der Waals surface area contributed by atoms with Crippen LogP contribution in [0.5, 0.6) is 0 Å². The van der Waals surface area contributed by atoms with Gasteiger partial charge >= 0.3 is 0 Å². The van der Waals surface area contributed by atoms with Crippen LogP contribution < -0.4 is 5.32 Å². The van der Waals surface area contributed by atoms with Gasteiger partial charge < -0.3 is 10.1 Å². The molecule has 3 rings (SSSR count). The molecular weight excluding hydrogens is 226 g/mol. The Kier molecular flexibility index (Phi) is 3.46. The first kappa shape index (κ1) is 12.6. The standard InChI is InChI=1S/C15H25NO2/c1-11-9-16-10-13(11)14(17)12-4-7-18-15(8-12)5-2-3-6-15/h11-13,16H,2-10H2,1H3. The Balaban J connectivity index is 1.66. The molecule has 1 spiro atoms. The van der Waals surface area contributed by atoms with Gasteiger partial charge in [0.25, 0.3) is 0 Å². The maximum atomic E-state index is 12.7. The Hall–Kier alpha value is -0.410. The summed E-state index contributed by atoms with van der Waals surface area (Å²) in [5.41, 5.74) is 0.0772. The first-order valence-corrected chi connectivity index (χ1v) is 7.59. The van der Waals surface area contributed by atoms with Crippen LogP contribution in [0.25, 0.3) is 0 Å². The fraction of sp³-hybridized carbons (Fsp3) is 0.933. The van der Waals surface area contributed by atoms with E-state index in [4.69, 9.17) is 4.74 Å². The minimum atomic E-state index is 0.0772. The molecule has 1 aliphatic carbocycles. The van der Waals surface area contributed by atoms with Gasteiger partial charge in [0.05, 0.1) is 5.60 Å². The third-order valence-electron chi connectivity index (χ3n) is 5.29. The molecule has 2 aliphatic heterocycles. The Bertz CT molecular complexity index is 322. The van der Waals surface area contributed by atoms with Crippen LogP contribution >= 0.6 is 0 Å². The second-order valence-corrected chi connectivity index (χ2v) is 6.57. The Morgan fingerprint density at radius 1 is 1.28 bits per heavy atom. The van der Waals surface area contributed by atoms with E-state index in [-0.39, 0.29) is 17.4 Å². The molecule has 1 saturated carbocycles. The Labute approximate surface area is 110 Å². The zero-order valence-electron chi connectivity index (χ0n) is 11.4. The number of Topliss-reactive ketones (excluding diaryl/α,β-unsaturated/α-hetero) is 1.